The summed E-state index contributed by atoms with van der Waals surface area (Å²) in [6, 6.07) is 15.5. The number of anilines is 1. The summed E-state index contributed by atoms with van der Waals surface area (Å²) in [6.07, 6.45) is 2.13. The normalized spacial score (nSPS) is 16.4. The van der Waals surface area contributed by atoms with Crippen LogP contribution in [0.2, 0.25) is 0 Å². The topological polar surface area (TPSA) is 3.24 Å². The van der Waals surface area contributed by atoms with Crippen molar-refractivity contribution in [2.45, 2.75) is 18.8 Å². The van der Waals surface area contributed by atoms with Gasteiger partial charge in [0.2, 0.25) is 0 Å². The highest BCUT2D eigenvalue weighted by atomic mass is 79.9. The number of para-hydroxylation sites is 1. The Morgan fingerprint density at radius 2 is 1.60 bits per heavy atom. The van der Waals surface area contributed by atoms with Gasteiger partial charge in [0.1, 0.15) is 5.82 Å². The molecule has 0 aromatic heterocycles. The third kappa shape index (κ3) is 2.73. The Morgan fingerprint density at radius 1 is 0.950 bits per heavy atom. The van der Waals surface area contributed by atoms with Crippen molar-refractivity contribution in [2.24, 2.45) is 0 Å². The largest absolute Gasteiger partial charge is 0.369 e. The smallest absolute Gasteiger partial charge is 0.146 e. The standard InChI is InChI=1S/C17H17BrFN/c18-15-6-2-1-5-14(15)13-9-11-20(12-10-13)17-8-4-3-7-16(17)19/h1-8,13H,9-12H2. The summed E-state index contributed by atoms with van der Waals surface area (Å²) < 4.78 is 15.0. The van der Waals surface area contributed by atoms with Gasteiger partial charge in [-0.1, -0.05) is 46.3 Å². The van der Waals surface area contributed by atoms with Crippen LogP contribution in [0.3, 0.4) is 0 Å². The van der Waals surface area contributed by atoms with Gasteiger partial charge >= 0.3 is 0 Å². The number of halogens is 2. The summed E-state index contributed by atoms with van der Waals surface area (Å²) in [4.78, 5) is 2.16. The molecular weight excluding hydrogens is 317 g/mol. The van der Waals surface area contributed by atoms with Crippen LogP contribution in [-0.4, -0.2) is 13.1 Å². The summed E-state index contributed by atoms with van der Waals surface area (Å²) in [5, 5.41) is 0. The van der Waals surface area contributed by atoms with E-state index in [-0.39, 0.29) is 5.82 Å². The van der Waals surface area contributed by atoms with Crippen molar-refractivity contribution < 1.29 is 4.39 Å². The Kier molecular flexibility index (Phi) is 4.06. The fraction of sp³-hybridized carbons (Fsp3) is 0.294. The van der Waals surface area contributed by atoms with Crippen molar-refractivity contribution in [3.63, 3.8) is 0 Å². The van der Waals surface area contributed by atoms with Crippen molar-refractivity contribution in [1.82, 2.24) is 0 Å². The molecule has 1 saturated heterocycles. The average molecular weight is 334 g/mol. The van der Waals surface area contributed by atoms with Crippen LogP contribution in [0.1, 0.15) is 24.3 Å². The number of rotatable bonds is 2. The Hall–Kier alpha value is -1.35. The Balaban J connectivity index is 1.72. The van der Waals surface area contributed by atoms with Gasteiger partial charge < -0.3 is 4.90 Å². The molecule has 1 heterocycles. The predicted molar refractivity (Wildman–Crippen MR) is 84.7 cm³/mol. The number of piperidine rings is 1. The van der Waals surface area contributed by atoms with Gasteiger partial charge in [0.15, 0.2) is 0 Å². The highest BCUT2D eigenvalue weighted by Crippen LogP contribution is 2.34. The monoisotopic (exact) mass is 333 g/mol. The third-order valence-electron chi connectivity index (χ3n) is 4.03. The van der Waals surface area contributed by atoms with E-state index in [2.05, 4.69) is 39.0 Å². The van der Waals surface area contributed by atoms with Gasteiger partial charge in [-0.3, -0.25) is 0 Å². The van der Waals surface area contributed by atoms with Crippen molar-refractivity contribution in [3.05, 3.63) is 64.4 Å². The van der Waals surface area contributed by atoms with Crippen molar-refractivity contribution in [3.8, 4) is 0 Å². The molecule has 0 spiro atoms. The molecule has 1 fully saturated rings. The van der Waals surface area contributed by atoms with Gasteiger partial charge in [-0.15, -0.1) is 0 Å². The van der Waals surface area contributed by atoms with Crippen molar-refractivity contribution in [2.75, 3.05) is 18.0 Å². The fourth-order valence-corrected chi connectivity index (χ4v) is 3.55. The number of hydrogen-bond acceptors (Lipinski definition) is 1. The molecule has 0 aliphatic carbocycles. The zero-order valence-electron chi connectivity index (χ0n) is 11.2. The second-order valence-corrected chi connectivity index (χ2v) is 6.09. The highest BCUT2D eigenvalue weighted by molar-refractivity contribution is 9.10. The first-order valence-corrected chi connectivity index (χ1v) is 7.79. The second-order valence-electron chi connectivity index (χ2n) is 5.23. The second kappa shape index (κ2) is 5.96. The molecular formula is C17H17BrFN. The van der Waals surface area contributed by atoms with Crippen LogP contribution >= 0.6 is 15.9 Å². The fourth-order valence-electron chi connectivity index (χ4n) is 2.95. The van der Waals surface area contributed by atoms with Gasteiger partial charge in [-0.25, -0.2) is 4.39 Å². The highest BCUT2D eigenvalue weighted by Gasteiger charge is 2.23. The van der Waals surface area contributed by atoms with Crippen LogP contribution in [0.5, 0.6) is 0 Å². The van der Waals surface area contributed by atoms with Crippen LogP contribution in [0, 0.1) is 5.82 Å². The molecule has 3 heteroatoms. The Labute approximate surface area is 127 Å². The minimum Gasteiger partial charge on any atom is -0.369 e. The zero-order chi connectivity index (χ0) is 13.9. The van der Waals surface area contributed by atoms with Gasteiger partial charge in [0.25, 0.3) is 0 Å². The van der Waals surface area contributed by atoms with E-state index in [0.717, 1.165) is 31.6 Å². The molecule has 104 valence electrons. The first-order valence-electron chi connectivity index (χ1n) is 6.99. The molecule has 3 rings (SSSR count). The predicted octanol–water partition coefficient (Wildman–Crippen LogP) is 4.97. The van der Waals surface area contributed by atoms with Gasteiger partial charge in [0.05, 0.1) is 5.69 Å². The van der Waals surface area contributed by atoms with Crippen LogP contribution in [0.25, 0.3) is 0 Å². The third-order valence-corrected chi connectivity index (χ3v) is 4.76. The maximum Gasteiger partial charge on any atom is 0.146 e. The van der Waals surface area contributed by atoms with Gasteiger partial charge in [-0.2, -0.15) is 0 Å². The minimum atomic E-state index is -0.119. The first kappa shape index (κ1) is 13.6. The lowest BCUT2D eigenvalue weighted by molar-refractivity contribution is 0.496. The van der Waals surface area contributed by atoms with Crippen LogP contribution in [0.15, 0.2) is 53.0 Å². The van der Waals surface area contributed by atoms with E-state index < -0.39 is 0 Å². The summed E-state index contributed by atoms with van der Waals surface area (Å²) in [5.74, 6) is 0.445. The van der Waals surface area contributed by atoms with Crippen molar-refractivity contribution >= 4 is 21.6 Å². The molecule has 0 N–H and O–H groups in total. The number of nitrogens with zero attached hydrogens (tertiary/aromatic N) is 1. The molecule has 0 atom stereocenters. The summed E-state index contributed by atoms with van der Waals surface area (Å²) in [5.41, 5.74) is 2.11. The summed E-state index contributed by atoms with van der Waals surface area (Å²) in [6.45, 7) is 1.82. The molecule has 0 radical (unpaired) electrons. The molecule has 0 saturated carbocycles. The van der Waals surface area contributed by atoms with E-state index in [9.17, 15) is 4.39 Å². The average Bonchev–Trinajstić information content (AvgIpc) is 2.49. The molecule has 2 aromatic carbocycles. The quantitative estimate of drug-likeness (QED) is 0.749. The Morgan fingerprint density at radius 3 is 2.30 bits per heavy atom. The lowest BCUT2D eigenvalue weighted by atomic mass is 9.89. The van der Waals surface area contributed by atoms with E-state index in [1.54, 1.807) is 6.07 Å². The lowest BCUT2D eigenvalue weighted by Crippen LogP contribution is -2.33. The molecule has 20 heavy (non-hydrogen) atoms. The minimum absolute atomic E-state index is 0.119. The van der Waals surface area contributed by atoms with E-state index in [0.29, 0.717) is 5.92 Å². The van der Waals surface area contributed by atoms with E-state index in [1.165, 1.54) is 16.1 Å². The molecule has 0 unspecified atom stereocenters. The summed E-state index contributed by atoms with van der Waals surface area (Å²) >= 11 is 3.63. The van der Waals surface area contributed by atoms with E-state index >= 15 is 0 Å². The van der Waals surface area contributed by atoms with Crippen molar-refractivity contribution in [1.29, 1.82) is 0 Å². The molecule has 0 bridgehead atoms. The van der Waals surface area contributed by atoms with Crippen LogP contribution < -0.4 is 4.90 Å². The lowest BCUT2D eigenvalue weighted by Gasteiger charge is -2.34. The van der Waals surface area contributed by atoms with E-state index in [1.807, 2.05) is 18.2 Å². The van der Waals surface area contributed by atoms with Gasteiger partial charge in [-0.05, 0) is 42.5 Å². The number of hydrogen-bond donors (Lipinski definition) is 0. The van der Waals surface area contributed by atoms with E-state index in [4.69, 9.17) is 0 Å². The summed E-state index contributed by atoms with van der Waals surface area (Å²) in [7, 11) is 0. The SMILES string of the molecule is Fc1ccccc1N1CCC(c2ccccc2Br)CC1. The maximum absolute atomic E-state index is 13.8. The molecule has 0 amide bonds. The molecule has 2 aromatic rings. The molecule has 1 aliphatic heterocycles. The van der Waals surface area contributed by atoms with Gasteiger partial charge in [0, 0.05) is 17.6 Å². The zero-order valence-corrected chi connectivity index (χ0v) is 12.8. The van der Waals surface area contributed by atoms with Crippen LogP contribution in [0.4, 0.5) is 10.1 Å². The molecule has 1 nitrogen and oxygen atoms in total. The maximum atomic E-state index is 13.8. The Bertz CT molecular complexity index is 538. The van der Waals surface area contributed by atoms with Crippen LogP contribution in [-0.2, 0) is 0 Å². The molecule has 1 aliphatic rings. The first-order chi connectivity index (χ1) is 9.75. The number of benzene rings is 2.